The molecule has 0 spiro atoms. The van der Waals surface area contributed by atoms with Crippen LogP contribution in [0.4, 0.5) is 0 Å². The van der Waals surface area contributed by atoms with Crippen molar-refractivity contribution in [1.82, 2.24) is 4.90 Å². The Morgan fingerprint density at radius 1 is 1.15 bits per heavy atom. The molecule has 5 unspecified atom stereocenters. The minimum absolute atomic E-state index is 0.0659. The number of hydrogen-bond acceptors (Lipinski definition) is 3. The van der Waals surface area contributed by atoms with E-state index in [0.29, 0.717) is 11.8 Å². The van der Waals surface area contributed by atoms with Crippen molar-refractivity contribution in [3.05, 3.63) is 35.4 Å². The molecule has 0 bridgehead atoms. The average Bonchev–Trinajstić information content (AvgIpc) is 3.11. The first kappa shape index (κ1) is 12.4. The largest absolute Gasteiger partial charge is 0.388 e. The number of β-amino-alcohol motifs (C(OH)–C–C–N with tert-alkyl or cyclic N) is 2. The van der Waals surface area contributed by atoms with Gasteiger partial charge in [0.1, 0.15) is 0 Å². The normalized spacial score (nSPS) is 38.3. The number of nitrogens with zero attached hydrogens (tertiary/aromatic N) is 1. The summed E-state index contributed by atoms with van der Waals surface area (Å²) < 4.78 is 0. The fourth-order valence-corrected chi connectivity index (χ4v) is 4.06. The molecule has 5 atom stereocenters. The summed E-state index contributed by atoms with van der Waals surface area (Å²) in [6, 6.07) is 8.41. The number of carbonyl (C=O) groups is 1. The van der Waals surface area contributed by atoms with Gasteiger partial charge in [0.15, 0.2) is 0 Å². The van der Waals surface area contributed by atoms with E-state index in [1.807, 2.05) is 6.07 Å². The summed E-state index contributed by atoms with van der Waals surface area (Å²) >= 11 is 0. The average molecular weight is 273 g/mol. The van der Waals surface area contributed by atoms with Crippen LogP contribution >= 0.6 is 0 Å². The third-order valence-corrected chi connectivity index (χ3v) is 5.19. The SMILES string of the molecule is O=C(C1C2CCc3ccccc3C21)N1CC(O)C(O)C1. The van der Waals surface area contributed by atoms with E-state index in [4.69, 9.17) is 0 Å². The van der Waals surface area contributed by atoms with Gasteiger partial charge in [-0.05, 0) is 35.8 Å². The van der Waals surface area contributed by atoms with Gasteiger partial charge in [-0.3, -0.25) is 4.79 Å². The molecule has 1 aliphatic heterocycles. The fraction of sp³-hybridized carbons (Fsp3) is 0.562. The Morgan fingerprint density at radius 3 is 2.60 bits per heavy atom. The Bertz CT molecular complexity index is 548. The first-order chi connectivity index (χ1) is 9.66. The topological polar surface area (TPSA) is 60.8 Å². The van der Waals surface area contributed by atoms with Crippen LogP contribution in [0, 0.1) is 11.8 Å². The van der Waals surface area contributed by atoms with Crippen molar-refractivity contribution in [2.24, 2.45) is 11.8 Å². The quantitative estimate of drug-likeness (QED) is 0.784. The molecule has 4 heteroatoms. The van der Waals surface area contributed by atoms with Gasteiger partial charge in [0.05, 0.1) is 12.2 Å². The summed E-state index contributed by atoms with van der Waals surface area (Å²) in [6.07, 6.45) is 0.572. The van der Waals surface area contributed by atoms with E-state index in [1.54, 1.807) is 4.90 Å². The maximum atomic E-state index is 12.6. The zero-order chi connectivity index (χ0) is 13.9. The molecule has 4 rings (SSSR count). The predicted octanol–water partition coefficient (Wildman–Crippen LogP) is 0.526. The lowest BCUT2D eigenvalue weighted by Crippen LogP contribution is -2.31. The summed E-state index contributed by atoms with van der Waals surface area (Å²) in [5.41, 5.74) is 2.72. The molecular formula is C16H19NO3. The number of aryl methyl sites for hydroxylation is 1. The minimum Gasteiger partial charge on any atom is -0.388 e. The Morgan fingerprint density at radius 2 is 1.85 bits per heavy atom. The molecule has 20 heavy (non-hydrogen) atoms. The lowest BCUT2D eigenvalue weighted by Gasteiger charge is -2.15. The minimum atomic E-state index is -0.785. The van der Waals surface area contributed by atoms with Gasteiger partial charge in [-0.2, -0.15) is 0 Å². The molecule has 2 N–H and O–H groups in total. The molecule has 1 heterocycles. The Kier molecular flexibility index (Phi) is 2.66. The number of aliphatic hydroxyl groups excluding tert-OH is 2. The van der Waals surface area contributed by atoms with Gasteiger partial charge in [-0.1, -0.05) is 24.3 Å². The number of fused-ring (bicyclic) bond motifs is 3. The van der Waals surface area contributed by atoms with E-state index >= 15 is 0 Å². The van der Waals surface area contributed by atoms with Crippen molar-refractivity contribution in [2.45, 2.75) is 31.0 Å². The second-order valence-electron chi connectivity index (χ2n) is 6.33. The van der Waals surface area contributed by atoms with Crippen molar-refractivity contribution in [3.8, 4) is 0 Å². The second-order valence-corrected chi connectivity index (χ2v) is 6.33. The first-order valence-corrected chi connectivity index (χ1v) is 7.39. The van der Waals surface area contributed by atoms with Gasteiger partial charge >= 0.3 is 0 Å². The smallest absolute Gasteiger partial charge is 0.226 e. The number of benzene rings is 1. The highest BCUT2D eigenvalue weighted by Crippen LogP contribution is 2.60. The molecule has 4 nitrogen and oxygen atoms in total. The highest BCUT2D eigenvalue weighted by Gasteiger charge is 2.58. The van der Waals surface area contributed by atoms with Crippen molar-refractivity contribution in [2.75, 3.05) is 13.1 Å². The van der Waals surface area contributed by atoms with Gasteiger partial charge in [0.25, 0.3) is 0 Å². The second kappa shape index (κ2) is 4.30. The van der Waals surface area contributed by atoms with E-state index in [2.05, 4.69) is 18.2 Å². The summed E-state index contributed by atoms with van der Waals surface area (Å²) in [5.74, 6) is 1.01. The van der Waals surface area contributed by atoms with Crippen LogP contribution in [0.5, 0.6) is 0 Å². The summed E-state index contributed by atoms with van der Waals surface area (Å²) in [4.78, 5) is 14.2. The van der Waals surface area contributed by atoms with Crippen LogP contribution in [0.15, 0.2) is 24.3 Å². The van der Waals surface area contributed by atoms with Crippen LogP contribution in [0.25, 0.3) is 0 Å². The number of carbonyl (C=O) groups excluding carboxylic acids is 1. The molecule has 106 valence electrons. The van der Waals surface area contributed by atoms with Crippen molar-refractivity contribution in [1.29, 1.82) is 0 Å². The highest BCUT2D eigenvalue weighted by atomic mass is 16.3. The number of aliphatic hydroxyl groups is 2. The van der Waals surface area contributed by atoms with Gasteiger partial charge in [-0.15, -0.1) is 0 Å². The van der Waals surface area contributed by atoms with Crippen LogP contribution in [0.3, 0.4) is 0 Å². The summed E-state index contributed by atoms with van der Waals surface area (Å²) in [7, 11) is 0. The van der Waals surface area contributed by atoms with E-state index < -0.39 is 12.2 Å². The van der Waals surface area contributed by atoms with Gasteiger partial charge in [-0.25, -0.2) is 0 Å². The zero-order valence-corrected chi connectivity index (χ0v) is 11.3. The molecule has 0 radical (unpaired) electrons. The molecule has 1 aromatic rings. The molecule has 1 saturated carbocycles. The molecule has 1 saturated heterocycles. The highest BCUT2D eigenvalue weighted by molar-refractivity contribution is 5.84. The van der Waals surface area contributed by atoms with E-state index in [9.17, 15) is 15.0 Å². The lowest BCUT2D eigenvalue weighted by molar-refractivity contribution is -0.132. The Hall–Kier alpha value is -1.39. The van der Waals surface area contributed by atoms with Crippen molar-refractivity contribution >= 4 is 5.91 Å². The molecule has 1 amide bonds. The third-order valence-electron chi connectivity index (χ3n) is 5.19. The number of amides is 1. The Balaban J connectivity index is 1.54. The zero-order valence-electron chi connectivity index (χ0n) is 11.3. The summed E-state index contributed by atoms with van der Waals surface area (Å²) in [5, 5.41) is 19.2. The number of rotatable bonds is 1. The summed E-state index contributed by atoms with van der Waals surface area (Å²) in [6.45, 7) is 0.551. The van der Waals surface area contributed by atoms with Crippen LogP contribution in [-0.4, -0.2) is 46.3 Å². The molecule has 1 aromatic carbocycles. The van der Waals surface area contributed by atoms with Crippen molar-refractivity contribution < 1.29 is 15.0 Å². The van der Waals surface area contributed by atoms with Gasteiger partial charge in [0.2, 0.25) is 5.91 Å². The van der Waals surface area contributed by atoms with Crippen molar-refractivity contribution in [3.63, 3.8) is 0 Å². The molecular weight excluding hydrogens is 254 g/mol. The third kappa shape index (κ3) is 1.71. The standard InChI is InChI=1S/C16H19NO3/c18-12-7-17(8-13(12)19)16(20)15-11-6-5-9-3-1-2-4-10(9)14(11)15/h1-4,11-15,18-19H,5-8H2. The van der Waals surface area contributed by atoms with Gasteiger partial charge < -0.3 is 15.1 Å². The van der Waals surface area contributed by atoms with Gasteiger partial charge in [0, 0.05) is 19.0 Å². The molecule has 2 aliphatic carbocycles. The number of likely N-dealkylation sites (tertiary alicyclic amines) is 1. The molecule has 2 fully saturated rings. The fourth-order valence-electron chi connectivity index (χ4n) is 4.06. The maximum absolute atomic E-state index is 12.6. The van der Waals surface area contributed by atoms with Crippen LogP contribution in [0.2, 0.25) is 0 Å². The van der Waals surface area contributed by atoms with E-state index in [-0.39, 0.29) is 24.9 Å². The molecule has 0 aromatic heterocycles. The van der Waals surface area contributed by atoms with E-state index in [1.165, 1.54) is 11.1 Å². The van der Waals surface area contributed by atoms with E-state index in [0.717, 1.165) is 12.8 Å². The van der Waals surface area contributed by atoms with Crippen LogP contribution < -0.4 is 0 Å². The first-order valence-electron chi connectivity index (χ1n) is 7.39. The van der Waals surface area contributed by atoms with Crippen LogP contribution in [-0.2, 0) is 11.2 Å². The predicted molar refractivity (Wildman–Crippen MR) is 73.1 cm³/mol. The number of hydrogen-bond donors (Lipinski definition) is 2. The molecule has 3 aliphatic rings. The lowest BCUT2D eigenvalue weighted by atomic mass is 9.92. The maximum Gasteiger partial charge on any atom is 0.226 e. The monoisotopic (exact) mass is 273 g/mol. The van der Waals surface area contributed by atoms with Crippen LogP contribution in [0.1, 0.15) is 23.5 Å². The Labute approximate surface area is 118 Å².